The molecule has 0 fully saturated rings. The van der Waals surface area contributed by atoms with E-state index in [9.17, 15) is 8.78 Å². The van der Waals surface area contributed by atoms with E-state index in [0.29, 0.717) is 0 Å². The standard InChI is InChI=1S/C2BrClF2/c3-1(4)2(5)6. The highest BCUT2D eigenvalue weighted by atomic mass is 79.9. The summed E-state index contributed by atoms with van der Waals surface area (Å²) in [6, 6.07) is 0. The monoisotopic (exact) mass is 176 g/mol. The molecule has 0 nitrogen and oxygen atoms in total. The molecule has 0 saturated heterocycles. The lowest BCUT2D eigenvalue weighted by Crippen LogP contribution is -1.51. The molecule has 0 saturated carbocycles. The number of hydrogen-bond donors (Lipinski definition) is 0. The van der Waals surface area contributed by atoms with Crippen molar-refractivity contribution in [2.24, 2.45) is 0 Å². The second-order valence-corrected chi connectivity index (χ2v) is 2.15. The Morgan fingerprint density at radius 1 is 1.50 bits per heavy atom. The van der Waals surface area contributed by atoms with Gasteiger partial charge < -0.3 is 0 Å². The summed E-state index contributed by atoms with van der Waals surface area (Å²) < 4.78 is 21.1. The van der Waals surface area contributed by atoms with Crippen molar-refractivity contribution < 1.29 is 8.78 Å². The van der Waals surface area contributed by atoms with Gasteiger partial charge in [-0.1, -0.05) is 11.6 Å². The molecule has 0 rings (SSSR count). The highest BCUT2D eigenvalue weighted by Gasteiger charge is 1.92. The maximum Gasteiger partial charge on any atom is 0.295 e. The summed E-state index contributed by atoms with van der Waals surface area (Å²) in [6.07, 6.45) is -1.89. The molecule has 0 heterocycles. The van der Waals surface area contributed by atoms with Gasteiger partial charge in [-0.2, -0.15) is 8.78 Å². The largest absolute Gasteiger partial charge is 0.295 e. The number of hydrogen-bond acceptors (Lipinski definition) is 0. The molecule has 0 spiro atoms. The van der Waals surface area contributed by atoms with Crippen molar-refractivity contribution in [2.75, 3.05) is 0 Å². The van der Waals surface area contributed by atoms with E-state index in [4.69, 9.17) is 0 Å². The highest BCUT2D eigenvalue weighted by molar-refractivity contribution is 9.12. The first-order valence-corrected chi connectivity index (χ1v) is 2.18. The van der Waals surface area contributed by atoms with Crippen LogP contribution in [-0.4, -0.2) is 0 Å². The van der Waals surface area contributed by atoms with Gasteiger partial charge in [0.25, 0.3) is 6.08 Å². The molecule has 0 N–H and O–H groups in total. The van der Waals surface area contributed by atoms with Crippen molar-refractivity contribution in [3.8, 4) is 0 Å². The Balaban J connectivity index is 3.68. The molecule has 0 amide bonds. The summed E-state index contributed by atoms with van der Waals surface area (Å²) in [5.41, 5.74) is 0. The van der Waals surface area contributed by atoms with Crippen LogP contribution < -0.4 is 0 Å². The summed E-state index contributed by atoms with van der Waals surface area (Å²) in [5, 5.41) is 0. The third kappa shape index (κ3) is 2.60. The van der Waals surface area contributed by atoms with Crippen molar-refractivity contribution in [1.29, 1.82) is 0 Å². The maximum absolute atomic E-state index is 10.9. The first-order chi connectivity index (χ1) is 2.64. The summed E-state index contributed by atoms with van der Waals surface area (Å²) in [7, 11) is 0. The highest BCUT2D eigenvalue weighted by Crippen LogP contribution is 2.17. The zero-order valence-electron chi connectivity index (χ0n) is 2.51. The average Bonchev–Trinajstić information content (AvgIpc) is 1.36. The predicted octanol–water partition coefficient (Wildman–Crippen LogP) is 2.69. The maximum atomic E-state index is 10.9. The average molecular weight is 177 g/mol. The predicted molar refractivity (Wildman–Crippen MR) is 24.0 cm³/mol. The Hall–Kier alpha value is 0.370. The molecule has 0 aliphatic rings. The molecular weight excluding hydrogens is 177 g/mol. The lowest BCUT2D eigenvalue weighted by molar-refractivity contribution is 0.422. The van der Waals surface area contributed by atoms with Crippen molar-refractivity contribution in [2.45, 2.75) is 0 Å². The van der Waals surface area contributed by atoms with Crippen LogP contribution in [0.3, 0.4) is 0 Å². The van der Waals surface area contributed by atoms with Gasteiger partial charge in [0.1, 0.15) is 3.94 Å². The fourth-order valence-electron chi connectivity index (χ4n) is 0. The first-order valence-electron chi connectivity index (χ1n) is 1.01. The lowest BCUT2D eigenvalue weighted by atomic mass is 11.1. The zero-order chi connectivity index (χ0) is 5.15. The minimum Gasteiger partial charge on any atom is -0.171 e. The topological polar surface area (TPSA) is 0 Å². The minimum absolute atomic E-state index is 0.623. The van der Waals surface area contributed by atoms with E-state index in [1.807, 2.05) is 0 Å². The van der Waals surface area contributed by atoms with E-state index in [1.165, 1.54) is 0 Å². The van der Waals surface area contributed by atoms with E-state index >= 15 is 0 Å². The first kappa shape index (κ1) is 6.37. The van der Waals surface area contributed by atoms with Crippen LogP contribution in [0.5, 0.6) is 0 Å². The Kier molecular flexibility index (Phi) is 2.68. The Bertz CT molecular complexity index is 61.6. The fraction of sp³-hybridized carbons (Fsp3) is 0. The van der Waals surface area contributed by atoms with E-state index in [1.54, 1.807) is 0 Å². The van der Waals surface area contributed by atoms with Crippen LogP contribution in [0, 0.1) is 0 Å². The molecule has 0 aromatic rings. The van der Waals surface area contributed by atoms with Gasteiger partial charge in [0, 0.05) is 0 Å². The van der Waals surface area contributed by atoms with E-state index in [2.05, 4.69) is 27.5 Å². The molecule has 4 heteroatoms. The molecule has 0 radical (unpaired) electrons. The summed E-state index contributed by atoms with van der Waals surface area (Å²) in [5.74, 6) is 0. The van der Waals surface area contributed by atoms with Crippen LogP contribution >= 0.6 is 27.5 Å². The smallest absolute Gasteiger partial charge is 0.171 e. The Labute approximate surface area is 46.9 Å². The lowest BCUT2D eigenvalue weighted by Gasteiger charge is -1.72. The van der Waals surface area contributed by atoms with Gasteiger partial charge in [0.2, 0.25) is 0 Å². The quantitative estimate of drug-likeness (QED) is 0.534. The molecule has 0 aromatic heterocycles. The summed E-state index contributed by atoms with van der Waals surface area (Å²) in [4.78, 5) is 0. The van der Waals surface area contributed by atoms with Crippen molar-refractivity contribution in [1.82, 2.24) is 0 Å². The molecule has 0 aliphatic heterocycles. The van der Waals surface area contributed by atoms with Crippen molar-refractivity contribution in [3.63, 3.8) is 0 Å². The van der Waals surface area contributed by atoms with Crippen LogP contribution in [0.1, 0.15) is 0 Å². The van der Waals surface area contributed by atoms with Crippen LogP contribution in [0.4, 0.5) is 8.78 Å². The number of rotatable bonds is 0. The number of halogens is 4. The molecule has 0 unspecified atom stereocenters. The Morgan fingerprint density at radius 2 is 1.67 bits per heavy atom. The second-order valence-electron chi connectivity index (χ2n) is 0.521. The van der Waals surface area contributed by atoms with Gasteiger partial charge in [-0.15, -0.1) is 0 Å². The minimum atomic E-state index is -1.89. The van der Waals surface area contributed by atoms with Crippen LogP contribution in [-0.2, 0) is 0 Å². The Morgan fingerprint density at radius 3 is 1.67 bits per heavy atom. The van der Waals surface area contributed by atoms with Gasteiger partial charge in [0.15, 0.2) is 0 Å². The fourth-order valence-corrected chi connectivity index (χ4v) is 0. The molecule has 36 valence electrons. The molecule has 0 aromatic carbocycles. The van der Waals surface area contributed by atoms with E-state index in [-0.39, 0.29) is 0 Å². The van der Waals surface area contributed by atoms with Crippen LogP contribution in [0.2, 0.25) is 0 Å². The van der Waals surface area contributed by atoms with Gasteiger partial charge in [-0.25, -0.2) is 0 Å². The molecular formula is C2BrClF2. The summed E-state index contributed by atoms with van der Waals surface area (Å²) >= 11 is 6.99. The summed E-state index contributed by atoms with van der Waals surface area (Å²) in [6.45, 7) is 0. The van der Waals surface area contributed by atoms with Gasteiger partial charge in [-0.3, -0.25) is 0 Å². The van der Waals surface area contributed by atoms with Crippen molar-refractivity contribution in [3.05, 3.63) is 10.0 Å². The van der Waals surface area contributed by atoms with Gasteiger partial charge in [-0.05, 0) is 15.9 Å². The van der Waals surface area contributed by atoms with Crippen molar-refractivity contribution >= 4 is 27.5 Å². The van der Waals surface area contributed by atoms with E-state index < -0.39 is 10.0 Å². The normalized spacial score (nSPS) is 8.00. The molecule has 0 atom stereocenters. The molecule has 6 heavy (non-hydrogen) atoms. The van der Waals surface area contributed by atoms with Crippen LogP contribution in [0.25, 0.3) is 0 Å². The van der Waals surface area contributed by atoms with E-state index in [0.717, 1.165) is 0 Å². The van der Waals surface area contributed by atoms with Gasteiger partial charge >= 0.3 is 0 Å². The second kappa shape index (κ2) is 2.53. The molecule has 0 aliphatic carbocycles. The third-order valence-corrected chi connectivity index (χ3v) is 0.585. The van der Waals surface area contributed by atoms with Crippen LogP contribution in [0.15, 0.2) is 10.0 Å². The third-order valence-electron chi connectivity index (χ3n) is 0.143. The van der Waals surface area contributed by atoms with Gasteiger partial charge in [0.05, 0.1) is 0 Å². The SMILES string of the molecule is FC(F)=C(Cl)Br. The zero-order valence-corrected chi connectivity index (χ0v) is 4.85. The molecule has 0 bridgehead atoms.